The monoisotopic (exact) mass is 265 g/mol. The molecule has 104 valence electrons. The summed E-state index contributed by atoms with van der Waals surface area (Å²) in [5.74, 6) is -0.0911. The van der Waals surface area contributed by atoms with Crippen molar-refractivity contribution in [2.24, 2.45) is 0 Å². The smallest absolute Gasteiger partial charge is 0.269 e. The average molecular weight is 265 g/mol. The second-order valence-electron chi connectivity index (χ2n) is 5.27. The van der Waals surface area contributed by atoms with Crippen molar-refractivity contribution in [1.29, 1.82) is 0 Å². The number of amides is 1. The number of H-pyrrole nitrogens is 1. The summed E-state index contributed by atoms with van der Waals surface area (Å²) in [6.45, 7) is 2.20. The van der Waals surface area contributed by atoms with Crippen molar-refractivity contribution in [3.63, 3.8) is 0 Å². The molecule has 1 spiro atoms. The number of aromatic amines is 1. The molecule has 3 heterocycles. The molecular formula is C13H19N3O3. The predicted molar refractivity (Wildman–Crippen MR) is 67.8 cm³/mol. The molecular weight excluding hydrogens is 246 g/mol. The van der Waals surface area contributed by atoms with Gasteiger partial charge in [-0.1, -0.05) is 0 Å². The van der Waals surface area contributed by atoms with E-state index in [1.165, 1.54) is 6.33 Å². The maximum Gasteiger partial charge on any atom is 0.269 e. The van der Waals surface area contributed by atoms with E-state index in [-0.39, 0.29) is 17.6 Å². The fourth-order valence-electron chi connectivity index (χ4n) is 2.89. The molecule has 0 radical (unpaired) electrons. The molecule has 6 nitrogen and oxygen atoms in total. The number of rotatable bonds is 2. The van der Waals surface area contributed by atoms with Crippen LogP contribution in [0.5, 0.6) is 0 Å². The molecule has 0 bridgehead atoms. The quantitative estimate of drug-likeness (QED) is 0.832. The van der Waals surface area contributed by atoms with E-state index < -0.39 is 0 Å². The fourth-order valence-corrected chi connectivity index (χ4v) is 2.89. The molecule has 2 aliphatic heterocycles. The Balaban J connectivity index is 1.60. The van der Waals surface area contributed by atoms with E-state index in [0.717, 1.165) is 38.9 Å². The molecule has 1 aromatic rings. The van der Waals surface area contributed by atoms with Gasteiger partial charge in [0.1, 0.15) is 5.69 Å². The Hall–Kier alpha value is -1.40. The van der Waals surface area contributed by atoms with E-state index in [1.54, 1.807) is 6.20 Å². The number of nitrogens with one attached hydrogen (secondary N) is 2. The number of aromatic nitrogens is 2. The second kappa shape index (κ2) is 5.30. The Bertz CT molecular complexity index is 421. The molecule has 1 aromatic heterocycles. The van der Waals surface area contributed by atoms with Crippen LogP contribution in [0.15, 0.2) is 12.5 Å². The third-order valence-corrected chi connectivity index (χ3v) is 3.98. The first-order valence-corrected chi connectivity index (χ1v) is 6.78. The van der Waals surface area contributed by atoms with Crippen molar-refractivity contribution < 1.29 is 14.3 Å². The number of carbonyl (C=O) groups is 1. The first kappa shape index (κ1) is 12.6. The topological polar surface area (TPSA) is 76.2 Å². The summed E-state index contributed by atoms with van der Waals surface area (Å²) in [5, 5.41) is 3.06. The Kier molecular flexibility index (Phi) is 3.52. The Labute approximate surface area is 111 Å². The third-order valence-electron chi connectivity index (χ3n) is 3.98. The molecule has 1 atom stereocenters. The van der Waals surface area contributed by atoms with Crippen LogP contribution in [0.2, 0.25) is 0 Å². The van der Waals surface area contributed by atoms with Crippen molar-refractivity contribution in [1.82, 2.24) is 15.3 Å². The van der Waals surface area contributed by atoms with Gasteiger partial charge in [0.25, 0.3) is 5.91 Å². The highest BCUT2D eigenvalue weighted by molar-refractivity contribution is 5.92. The molecule has 0 aromatic carbocycles. The van der Waals surface area contributed by atoms with Gasteiger partial charge in [0.2, 0.25) is 0 Å². The lowest BCUT2D eigenvalue weighted by Crippen LogP contribution is -2.51. The summed E-state index contributed by atoms with van der Waals surface area (Å²) in [6, 6.07) is 0.169. The van der Waals surface area contributed by atoms with Gasteiger partial charge >= 0.3 is 0 Å². The molecule has 6 heteroatoms. The van der Waals surface area contributed by atoms with Crippen LogP contribution in [0.3, 0.4) is 0 Å². The minimum Gasteiger partial charge on any atom is -0.381 e. The molecule has 1 amide bonds. The van der Waals surface area contributed by atoms with Gasteiger partial charge in [-0.3, -0.25) is 4.79 Å². The number of nitrogens with zero attached hydrogens (tertiary/aromatic N) is 1. The zero-order chi connectivity index (χ0) is 13.1. The minimum atomic E-state index is -0.0948. The summed E-state index contributed by atoms with van der Waals surface area (Å²) < 4.78 is 11.3. The Morgan fingerprint density at radius 3 is 3.00 bits per heavy atom. The van der Waals surface area contributed by atoms with E-state index >= 15 is 0 Å². The van der Waals surface area contributed by atoms with Crippen molar-refractivity contribution in [3.8, 4) is 0 Å². The standard InChI is InChI=1S/C13H19N3O3/c17-12(11-8-14-9-15-11)16-10-1-4-19-13(7-10)2-5-18-6-3-13/h8-10H,1-7H2,(H,14,15)(H,16,17)/t10-/m0/s1. The van der Waals surface area contributed by atoms with Crippen LogP contribution in [0.25, 0.3) is 0 Å². The number of hydrogen-bond donors (Lipinski definition) is 2. The predicted octanol–water partition coefficient (Wildman–Crippen LogP) is 0.868. The van der Waals surface area contributed by atoms with Crippen molar-refractivity contribution >= 4 is 5.91 Å². The molecule has 19 heavy (non-hydrogen) atoms. The van der Waals surface area contributed by atoms with Gasteiger partial charge in [0.05, 0.1) is 18.1 Å². The molecule has 2 N–H and O–H groups in total. The molecule has 0 saturated carbocycles. The van der Waals surface area contributed by atoms with Crippen molar-refractivity contribution in [2.45, 2.75) is 37.3 Å². The lowest BCUT2D eigenvalue weighted by molar-refractivity contribution is -0.139. The van der Waals surface area contributed by atoms with Crippen LogP contribution < -0.4 is 5.32 Å². The average Bonchev–Trinajstić information content (AvgIpc) is 2.93. The fraction of sp³-hybridized carbons (Fsp3) is 0.692. The number of imidazole rings is 1. The summed E-state index contributed by atoms with van der Waals surface area (Å²) in [7, 11) is 0. The van der Waals surface area contributed by atoms with E-state index in [2.05, 4.69) is 15.3 Å². The third kappa shape index (κ3) is 2.79. The Morgan fingerprint density at radius 2 is 2.26 bits per heavy atom. The molecule has 3 rings (SSSR count). The van der Waals surface area contributed by atoms with E-state index in [9.17, 15) is 4.79 Å². The van der Waals surface area contributed by atoms with Gasteiger partial charge in [0.15, 0.2) is 0 Å². The second-order valence-corrected chi connectivity index (χ2v) is 5.27. The normalized spacial score (nSPS) is 26.2. The molecule has 2 aliphatic rings. The van der Waals surface area contributed by atoms with Gasteiger partial charge in [-0.2, -0.15) is 0 Å². The Morgan fingerprint density at radius 1 is 1.42 bits per heavy atom. The van der Waals surface area contributed by atoms with Gasteiger partial charge < -0.3 is 19.8 Å². The summed E-state index contributed by atoms with van der Waals surface area (Å²) in [6.07, 6.45) is 6.63. The highest BCUT2D eigenvalue weighted by Gasteiger charge is 2.39. The van der Waals surface area contributed by atoms with Crippen LogP contribution >= 0.6 is 0 Å². The van der Waals surface area contributed by atoms with Crippen LogP contribution in [0, 0.1) is 0 Å². The van der Waals surface area contributed by atoms with Crippen LogP contribution in [-0.4, -0.2) is 47.3 Å². The van der Waals surface area contributed by atoms with Gasteiger partial charge in [-0.15, -0.1) is 0 Å². The van der Waals surface area contributed by atoms with Gasteiger partial charge in [-0.05, 0) is 25.7 Å². The van der Waals surface area contributed by atoms with Crippen molar-refractivity contribution in [3.05, 3.63) is 18.2 Å². The highest BCUT2D eigenvalue weighted by atomic mass is 16.5. The molecule has 2 fully saturated rings. The minimum absolute atomic E-state index is 0.0911. The SMILES string of the molecule is O=C(N[C@H]1CCOC2(CCOCC2)C1)c1cnc[nH]1. The maximum absolute atomic E-state index is 12.0. The lowest BCUT2D eigenvalue weighted by atomic mass is 9.84. The number of carbonyl (C=O) groups excluding carboxylic acids is 1. The first-order valence-electron chi connectivity index (χ1n) is 6.78. The number of hydrogen-bond acceptors (Lipinski definition) is 4. The molecule has 0 aliphatic carbocycles. The van der Waals surface area contributed by atoms with Crippen LogP contribution in [0.4, 0.5) is 0 Å². The van der Waals surface area contributed by atoms with Gasteiger partial charge in [0, 0.05) is 25.9 Å². The van der Waals surface area contributed by atoms with Crippen LogP contribution in [0.1, 0.15) is 36.2 Å². The van der Waals surface area contributed by atoms with Crippen molar-refractivity contribution in [2.75, 3.05) is 19.8 Å². The zero-order valence-corrected chi connectivity index (χ0v) is 10.9. The number of ether oxygens (including phenoxy) is 2. The summed E-state index contributed by atoms with van der Waals surface area (Å²) in [5.41, 5.74) is 0.412. The van der Waals surface area contributed by atoms with E-state index in [1.807, 2.05) is 0 Å². The van der Waals surface area contributed by atoms with E-state index in [0.29, 0.717) is 12.3 Å². The van der Waals surface area contributed by atoms with E-state index in [4.69, 9.17) is 9.47 Å². The van der Waals surface area contributed by atoms with Gasteiger partial charge in [-0.25, -0.2) is 4.98 Å². The summed E-state index contributed by atoms with van der Waals surface area (Å²) >= 11 is 0. The molecule has 2 saturated heterocycles. The first-order chi connectivity index (χ1) is 9.27. The van der Waals surface area contributed by atoms with Crippen LogP contribution in [-0.2, 0) is 9.47 Å². The zero-order valence-electron chi connectivity index (χ0n) is 10.9. The lowest BCUT2D eigenvalue weighted by Gasteiger charge is -2.43. The highest BCUT2D eigenvalue weighted by Crippen LogP contribution is 2.34. The summed E-state index contributed by atoms with van der Waals surface area (Å²) in [4.78, 5) is 18.7. The largest absolute Gasteiger partial charge is 0.381 e. The maximum atomic E-state index is 12.0. The molecule has 0 unspecified atom stereocenters.